The first-order valence-corrected chi connectivity index (χ1v) is 5.48. The number of benzene rings is 1. The normalized spacial score (nSPS) is 11.5. The second kappa shape index (κ2) is 7.97. The summed E-state index contributed by atoms with van der Waals surface area (Å²) in [6, 6.07) is 3.24. The average molecular weight is 274 g/mol. The zero-order valence-corrected chi connectivity index (χ0v) is 11.2. The number of halogens is 1. The molecular weight excluding hydrogens is 254 g/mol. The number of nitrogens with two attached hydrogens (primary N) is 1. The lowest BCUT2D eigenvalue weighted by molar-refractivity contribution is 0.264. The van der Waals surface area contributed by atoms with Crippen LogP contribution in [0.25, 0.3) is 0 Å². The van der Waals surface area contributed by atoms with Crippen molar-refractivity contribution in [3.8, 4) is 11.5 Å². The highest BCUT2D eigenvalue weighted by Crippen LogP contribution is 2.32. The van der Waals surface area contributed by atoms with E-state index in [4.69, 9.17) is 15.6 Å². The molecule has 0 aliphatic rings. The molecule has 0 bridgehead atoms. The van der Waals surface area contributed by atoms with Crippen molar-refractivity contribution in [1.82, 2.24) is 0 Å². The largest absolute Gasteiger partial charge is 0.504 e. The van der Waals surface area contributed by atoms with Crippen molar-refractivity contribution in [1.29, 1.82) is 0 Å². The molecule has 1 rings (SSSR count). The first kappa shape index (κ1) is 16.8. The lowest BCUT2D eigenvalue weighted by Gasteiger charge is -2.14. The van der Waals surface area contributed by atoms with Crippen LogP contribution in [0.5, 0.6) is 11.5 Å². The summed E-state index contributed by atoms with van der Waals surface area (Å²) in [6.07, 6.45) is 2.88. The molecule has 18 heavy (non-hydrogen) atoms. The van der Waals surface area contributed by atoms with Crippen LogP contribution in [0, 0.1) is 0 Å². The third kappa shape index (κ3) is 4.22. The van der Waals surface area contributed by atoms with Crippen LogP contribution in [0.1, 0.15) is 11.1 Å². The fourth-order valence-electron chi connectivity index (χ4n) is 1.67. The van der Waals surface area contributed by atoms with Crippen LogP contribution >= 0.6 is 12.4 Å². The SMILES string of the molecule is C=CCc1cc(CC(N)CO)c(O)c(OC)c1.Cl. The number of ether oxygens (including phenoxy) is 1. The molecule has 0 aliphatic heterocycles. The van der Waals surface area contributed by atoms with Crippen LogP contribution in [-0.2, 0) is 12.8 Å². The van der Waals surface area contributed by atoms with E-state index >= 15 is 0 Å². The van der Waals surface area contributed by atoms with Crippen molar-refractivity contribution >= 4 is 12.4 Å². The Morgan fingerprint density at radius 3 is 2.67 bits per heavy atom. The second-order valence-electron chi connectivity index (χ2n) is 3.95. The summed E-state index contributed by atoms with van der Waals surface area (Å²) in [6.45, 7) is 3.56. The van der Waals surface area contributed by atoms with E-state index in [1.807, 2.05) is 6.07 Å². The minimum Gasteiger partial charge on any atom is -0.504 e. The molecule has 1 unspecified atom stereocenters. The molecule has 0 spiro atoms. The fraction of sp³-hybridized carbons (Fsp3) is 0.385. The summed E-state index contributed by atoms with van der Waals surface area (Å²) in [5.74, 6) is 0.508. The average Bonchev–Trinajstić information content (AvgIpc) is 2.33. The van der Waals surface area contributed by atoms with Gasteiger partial charge < -0.3 is 20.7 Å². The number of aliphatic hydroxyl groups is 1. The molecule has 0 aromatic heterocycles. The van der Waals surface area contributed by atoms with Crippen LogP contribution in [-0.4, -0.2) is 30.0 Å². The molecule has 1 aromatic carbocycles. The molecule has 4 nitrogen and oxygen atoms in total. The molecule has 102 valence electrons. The summed E-state index contributed by atoms with van der Waals surface area (Å²) in [5, 5.41) is 18.9. The molecule has 0 amide bonds. The Morgan fingerprint density at radius 2 is 2.17 bits per heavy atom. The molecule has 5 heteroatoms. The number of phenolic OH excluding ortho intramolecular Hbond substituents is 1. The standard InChI is InChI=1S/C13H19NO3.ClH/c1-3-4-9-5-10(7-11(14)8-15)13(16)12(6-9)17-2;/h3,5-6,11,15-16H,1,4,7-8,14H2,2H3;1H. The van der Waals surface area contributed by atoms with Gasteiger partial charge in [0.1, 0.15) is 0 Å². The molecule has 1 aromatic rings. The molecule has 0 aliphatic carbocycles. The molecule has 0 saturated heterocycles. The minimum absolute atomic E-state index is 0. The van der Waals surface area contributed by atoms with E-state index in [9.17, 15) is 5.11 Å². The fourth-order valence-corrected chi connectivity index (χ4v) is 1.67. The molecule has 0 heterocycles. The van der Waals surface area contributed by atoms with Crippen molar-refractivity contribution in [3.63, 3.8) is 0 Å². The van der Waals surface area contributed by atoms with Crippen molar-refractivity contribution < 1.29 is 14.9 Å². The van der Waals surface area contributed by atoms with Gasteiger partial charge in [-0.15, -0.1) is 19.0 Å². The molecule has 4 N–H and O–H groups in total. The van der Waals surface area contributed by atoms with Crippen LogP contribution in [0.4, 0.5) is 0 Å². The minimum atomic E-state index is -0.385. The third-order valence-corrected chi connectivity index (χ3v) is 2.53. The maximum atomic E-state index is 9.94. The number of hydrogen-bond acceptors (Lipinski definition) is 4. The zero-order chi connectivity index (χ0) is 12.8. The summed E-state index contributed by atoms with van der Waals surface area (Å²) >= 11 is 0. The quantitative estimate of drug-likeness (QED) is 0.685. The Labute approximate surface area is 113 Å². The number of rotatable bonds is 6. The van der Waals surface area contributed by atoms with Gasteiger partial charge >= 0.3 is 0 Å². The van der Waals surface area contributed by atoms with Gasteiger partial charge in [-0.25, -0.2) is 0 Å². The van der Waals surface area contributed by atoms with E-state index in [1.54, 1.807) is 12.1 Å². The van der Waals surface area contributed by atoms with E-state index < -0.39 is 0 Å². The van der Waals surface area contributed by atoms with Gasteiger partial charge in [0.05, 0.1) is 13.7 Å². The highest BCUT2D eigenvalue weighted by molar-refractivity contribution is 5.85. The van der Waals surface area contributed by atoms with Crippen molar-refractivity contribution in [3.05, 3.63) is 35.9 Å². The maximum Gasteiger partial charge on any atom is 0.161 e. The summed E-state index contributed by atoms with van der Waals surface area (Å²) in [5.41, 5.74) is 7.35. The summed E-state index contributed by atoms with van der Waals surface area (Å²) in [7, 11) is 1.50. The van der Waals surface area contributed by atoms with E-state index in [0.29, 0.717) is 24.2 Å². The monoisotopic (exact) mass is 273 g/mol. The molecule has 0 saturated carbocycles. The van der Waals surface area contributed by atoms with Gasteiger partial charge in [0.25, 0.3) is 0 Å². The third-order valence-electron chi connectivity index (χ3n) is 2.53. The first-order valence-electron chi connectivity index (χ1n) is 5.48. The molecule has 0 radical (unpaired) electrons. The highest BCUT2D eigenvalue weighted by atomic mass is 35.5. The highest BCUT2D eigenvalue weighted by Gasteiger charge is 2.12. The second-order valence-corrected chi connectivity index (χ2v) is 3.95. The molecule has 0 fully saturated rings. The van der Waals surface area contributed by atoms with Crippen LogP contribution < -0.4 is 10.5 Å². The number of hydrogen-bond donors (Lipinski definition) is 3. The predicted octanol–water partition coefficient (Wildman–Crippen LogP) is 1.41. The number of aliphatic hydroxyl groups excluding tert-OH is 1. The van der Waals surface area contributed by atoms with E-state index in [-0.39, 0.29) is 30.8 Å². The Balaban J connectivity index is 0.00000289. The number of aromatic hydroxyl groups is 1. The predicted molar refractivity (Wildman–Crippen MR) is 74.6 cm³/mol. The summed E-state index contributed by atoms with van der Waals surface area (Å²) in [4.78, 5) is 0. The Kier molecular flexibility index (Phi) is 7.43. The van der Waals surface area contributed by atoms with E-state index in [0.717, 1.165) is 5.56 Å². The van der Waals surface area contributed by atoms with Crippen LogP contribution in [0.2, 0.25) is 0 Å². The summed E-state index contributed by atoms with van der Waals surface area (Å²) < 4.78 is 5.10. The van der Waals surface area contributed by atoms with E-state index in [1.165, 1.54) is 7.11 Å². The number of phenols is 1. The van der Waals surface area contributed by atoms with Gasteiger partial charge in [0.15, 0.2) is 11.5 Å². The van der Waals surface area contributed by atoms with Gasteiger partial charge in [0, 0.05) is 6.04 Å². The Morgan fingerprint density at radius 1 is 1.50 bits per heavy atom. The number of allylic oxidation sites excluding steroid dienone is 1. The first-order chi connectivity index (χ1) is 8.12. The Bertz CT molecular complexity index is 396. The van der Waals surface area contributed by atoms with Gasteiger partial charge in [-0.2, -0.15) is 0 Å². The smallest absolute Gasteiger partial charge is 0.161 e. The Hall–Kier alpha value is -1.23. The van der Waals surface area contributed by atoms with Gasteiger partial charge in [-0.1, -0.05) is 12.1 Å². The van der Waals surface area contributed by atoms with Crippen LogP contribution in [0.15, 0.2) is 24.8 Å². The van der Waals surface area contributed by atoms with Crippen molar-refractivity contribution in [2.75, 3.05) is 13.7 Å². The van der Waals surface area contributed by atoms with Gasteiger partial charge in [-0.3, -0.25) is 0 Å². The van der Waals surface area contributed by atoms with Crippen LogP contribution in [0.3, 0.4) is 0 Å². The number of methoxy groups -OCH3 is 1. The maximum absolute atomic E-state index is 9.94. The van der Waals surface area contributed by atoms with E-state index in [2.05, 4.69) is 6.58 Å². The molecular formula is C13H20ClNO3. The zero-order valence-electron chi connectivity index (χ0n) is 10.4. The topological polar surface area (TPSA) is 75.7 Å². The van der Waals surface area contributed by atoms with Crippen molar-refractivity contribution in [2.24, 2.45) is 5.73 Å². The lowest BCUT2D eigenvalue weighted by atomic mass is 10.0. The molecule has 1 atom stereocenters. The lowest BCUT2D eigenvalue weighted by Crippen LogP contribution is -2.26. The van der Waals surface area contributed by atoms with Crippen molar-refractivity contribution in [2.45, 2.75) is 18.9 Å². The van der Waals surface area contributed by atoms with Gasteiger partial charge in [-0.05, 0) is 30.0 Å². The van der Waals surface area contributed by atoms with Gasteiger partial charge in [0.2, 0.25) is 0 Å².